The average Bonchev–Trinajstić information content (AvgIpc) is 2.99. The van der Waals surface area contributed by atoms with Gasteiger partial charge in [-0.15, -0.1) is 12.4 Å². The number of methoxy groups -OCH3 is 1. The quantitative estimate of drug-likeness (QED) is 0.381. The summed E-state index contributed by atoms with van der Waals surface area (Å²) in [6.07, 6.45) is 1.87. The van der Waals surface area contributed by atoms with E-state index in [1.165, 1.54) is 27.8 Å². The van der Waals surface area contributed by atoms with Crippen LogP contribution in [0.4, 0.5) is 0 Å². The highest BCUT2D eigenvalue weighted by molar-refractivity contribution is 5.87. The van der Waals surface area contributed by atoms with E-state index < -0.39 is 0 Å². The first kappa shape index (κ1) is 21.7. The molecule has 0 N–H and O–H groups in total. The number of hydrogen-bond acceptors (Lipinski definition) is 3. The number of ether oxygens (including phenoxy) is 2. The van der Waals surface area contributed by atoms with Crippen LogP contribution in [0.25, 0.3) is 10.9 Å². The van der Waals surface area contributed by atoms with Gasteiger partial charge < -0.3 is 14.0 Å². The maximum Gasteiger partial charge on any atom is 0.132 e. The topological polar surface area (TPSA) is 36.3 Å². The molecule has 5 heteroatoms. The van der Waals surface area contributed by atoms with Gasteiger partial charge in [-0.2, -0.15) is 0 Å². The molecule has 0 saturated carbocycles. The molecule has 0 atom stereocenters. The number of benzene rings is 2. The van der Waals surface area contributed by atoms with Gasteiger partial charge in [-0.3, -0.25) is 4.98 Å². The number of pyridine rings is 1. The fourth-order valence-corrected chi connectivity index (χ4v) is 3.71. The molecule has 0 saturated heterocycles. The van der Waals surface area contributed by atoms with Gasteiger partial charge in [0.25, 0.3) is 0 Å². The summed E-state index contributed by atoms with van der Waals surface area (Å²) in [6.45, 7) is 7.60. The first-order valence-corrected chi connectivity index (χ1v) is 9.82. The van der Waals surface area contributed by atoms with Crippen LogP contribution in [0.5, 0.6) is 11.5 Å². The molecule has 0 aliphatic carbocycles. The number of aromatic nitrogens is 2. The lowest BCUT2D eigenvalue weighted by Crippen LogP contribution is -2.06. The smallest absolute Gasteiger partial charge is 0.132 e. The van der Waals surface area contributed by atoms with Crippen molar-refractivity contribution >= 4 is 23.3 Å². The maximum absolute atomic E-state index is 6.05. The van der Waals surface area contributed by atoms with Gasteiger partial charge in [-0.1, -0.05) is 29.8 Å². The Hall–Kier alpha value is -2.98. The molecule has 0 spiro atoms. The third-order valence-electron chi connectivity index (χ3n) is 5.49. The summed E-state index contributed by atoms with van der Waals surface area (Å²) >= 11 is 0. The van der Waals surface area contributed by atoms with Gasteiger partial charge in [0.2, 0.25) is 0 Å². The summed E-state index contributed by atoms with van der Waals surface area (Å²) in [6, 6.07) is 18.4. The summed E-state index contributed by atoms with van der Waals surface area (Å²) in [7, 11) is 1.70. The number of fused-ring (bicyclic) bond motifs is 1. The normalized spacial score (nSPS) is 10.7. The van der Waals surface area contributed by atoms with Crippen LogP contribution in [0.2, 0.25) is 0 Å². The van der Waals surface area contributed by atoms with Crippen LogP contribution >= 0.6 is 12.4 Å². The van der Waals surface area contributed by atoms with Crippen molar-refractivity contribution in [2.24, 2.45) is 0 Å². The molecular formula is C25H27ClN2O2. The minimum atomic E-state index is 0. The Kier molecular flexibility index (Phi) is 6.68. The molecule has 4 nitrogen and oxygen atoms in total. The van der Waals surface area contributed by atoms with Crippen LogP contribution in [-0.4, -0.2) is 16.7 Å². The summed E-state index contributed by atoms with van der Waals surface area (Å²) in [5.74, 6) is 1.73. The second-order valence-electron chi connectivity index (χ2n) is 7.40. The Bertz CT molecular complexity index is 1150. The zero-order valence-corrected chi connectivity index (χ0v) is 18.6. The van der Waals surface area contributed by atoms with E-state index in [1.54, 1.807) is 7.11 Å². The van der Waals surface area contributed by atoms with Gasteiger partial charge in [0.05, 0.1) is 12.6 Å². The lowest BCUT2D eigenvalue weighted by Gasteiger charge is -2.13. The number of rotatable bonds is 6. The Morgan fingerprint density at radius 2 is 1.70 bits per heavy atom. The molecule has 0 fully saturated rings. The van der Waals surface area contributed by atoms with Gasteiger partial charge in [0, 0.05) is 23.8 Å². The monoisotopic (exact) mass is 422 g/mol. The fraction of sp³-hybridized carbons (Fsp3) is 0.240. The minimum Gasteiger partial charge on any atom is -0.497 e. The molecule has 2 heterocycles. The molecule has 0 amide bonds. The van der Waals surface area contributed by atoms with E-state index in [9.17, 15) is 0 Å². The van der Waals surface area contributed by atoms with Gasteiger partial charge >= 0.3 is 0 Å². The SMILES string of the molecule is COc1cccc(Cn2c(C)c(C)c3ccnc(COc4ccc(C)cc4)c32)c1.Cl. The Balaban J connectivity index is 0.00000256. The number of nitrogens with zero attached hydrogens (tertiary/aromatic N) is 2. The predicted molar refractivity (Wildman–Crippen MR) is 124 cm³/mol. The fourth-order valence-electron chi connectivity index (χ4n) is 3.71. The van der Waals surface area contributed by atoms with E-state index in [0.29, 0.717) is 6.61 Å². The summed E-state index contributed by atoms with van der Waals surface area (Å²) in [5.41, 5.74) is 7.02. The van der Waals surface area contributed by atoms with Crippen molar-refractivity contribution in [3.8, 4) is 11.5 Å². The Morgan fingerprint density at radius 3 is 2.43 bits per heavy atom. The van der Waals surface area contributed by atoms with Gasteiger partial charge in [-0.25, -0.2) is 0 Å². The minimum absolute atomic E-state index is 0. The molecule has 0 aliphatic rings. The van der Waals surface area contributed by atoms with Crippen molar-refractivity contribution in [3.05, 3.63) is 88.9 Å². The molecule has 0 unspecified atom stereocenters. The number of aryl methyl sites for hydroxylation is 2. The van der Waals surface area contributed by atoms with Gasteiger partial charge in [0.15, 0.2) is 0 Å². The first-order valence-electron chi connectivity index (χ1n) is 9.82. The molecule has 0 aliphatic heterocycles. The molecule has 0 bridgehead atoms. The van der Waals surface area contributed by atoms with Crippen LogP contribution in [0.3, 0.4) is 0 Å². The zero-order chi connectivity index (χ0) is 20.4. The summed E-state index contributed by atoms with van der Waals surface area (Å²) in [5, 5.41) is 1.22. The van der Waals surface area contributed by atoms with E-state index >= 15 is 0 Å². The molecule has 4 rings (SSSR count). The van der Waals surface area contributed by atoms with Crippen molar-refractivity contribution < 1.29 is 9.47 Å². The third kappa shape index (κ3) is 4.29. The zero-order valence-electron chi connectivity index (χ0n) is 17.8. The standard InChI is InChI=1S/C25H26N2O2.ClH/c1-17-8-10-21(11-9-17)29-16-24-25-23(12-13-26-24)18(2)19(3)27(25)15-20-6-5-7-22(14-20)28-4;/h5-14H,15-16H2,1-4H3;1H. The van der Waals surface area contributed by atoms with Crippen molar-refractivity contribution in [2.45, 2.75) is 33.9 Å². The maximum atomic E-state index is 6.05. The third-order valence-corrected chi connectivity index (χ3v) is 5.49. The second kappa shape index (κ2) is 9.23. The molecule has 30 heavy (non-hydrogen) atoms. The van der Waals surface area contributed by atoms with Crippen LogP contribution in [0.15, 0.2) is 60.8 Å². The average molecular weight is 423 g/mol. The summed E-state index contributed by atoms with van der Waals surface area (Å²) in [4.78, 5) is 4.66. The van der Waals surface area contributed by atoms with Crippen molar-refractivity contribution in [3.63, 3.8) is 0 Å². The Morgan fingerprint density at radius 1 is 0.933 bits per heavy atom. The van der Waals surface area contributed by atoms with E-state index in [2.05, 4.69) is 60.7 Å². The van der Waals surface area contributed by atoms with E-state index in [4.69, 9.17) is 9.47 Å². The van der Waals surface area contributed by atoms with Crippen LogP contribution < -0.4 is 9.47 Å². The van der Waals surface area contributed by atoms with Crippen LogP contribution in [0, 0.1) is 20.8 Å². The lowest BCUT2D eigenvalue weighted by atomic mass is 10.1. The van der Waals surface area contributed by atoms with E-state index in [1.807, 2.05) is 30.5 Å². The highest BCUT2D eigenvalue weighted by atomic mass is 35.5. The first-order chi connectivity index (χ1) is 14.1. The highest BCUT2D eigenvalue weighted by Crippen LogP contribution is 2.29. The second-order valence-corrected chi connectivity index (χ2v) is 7.40. The molecule has 156 valence electrons. The Labute approximate surface area is 183 Å². The van der Waals surface area contributed by atoms with E-state index in [0.717, 1.165) is 29.3 Å². The molecule has 0 radical (unpaired) electrons. The van der Waals surface area contributed by atoms with Crippen molar-refractivity contribution in [1.82, 2.24) is 9.55 Å². The number of halogens is 1. The van der Waals surface area contributed by atoms with Gasteiger partial charge in [0.1, 0.15) is 23.8 Å². The summed E-state index contributed by atoms with van der Waals surface area (Å²) < 4.78 is 13.8. The van der Waals surface area contributed by atoms with Crippen LogP contribution in [0.1, 0.15) is 28.1 Å². The van der Waals surface area contributed by atoms with Gasteiger partial charge in [-0.05, 0) is 62.2 Å². The number of hydrogen-bond donors (Lipinski definition) is 0. The molecule has 4 aromatic rings. The predicted octanol–water partition coefficient (Wildman–Crippen LogP) is 6.02. The largest absolute Gasteiger partial charge is 0.497 e. The molecule has 2 aromatic heterocycles. The van der Waals surface area contributed by atoms with Crippen molar-refractivity contribution in [1.29, 1.82) is 0 Å². The molecule has 2 aromatic carbocycles. The van der Waals surface area contributed by atoms with E-state index in [-0.39, 0.29) is 12.4 Å². The highest BCUT2D eigenvalue weighted by Gasteiger charge is 2.16. The lowest BCUT2D eigenvalue weighted by molar-refractivity contribution is 0.302. The molecular weight excluding hydrogens is 396 g/mol. The van der Waals surface area contributed by atoms with Crippen LogP contribution in [-0.2, 0) is 13.2 Å². The van der Waals surface area contributed by atoms with Crippen molar-refractivity contribution in [2.75, 3.05) is 7.11 Å².